The number of fused-ring (bicyclic) bond motifs is 1. The van der Waals surface area contributed by atoms with Crippen molar-refractivity contribution in [3.63, 3.8) is 0 Å². The second-order valence-electron chi connectivity index (χ2n) is 2.66. The Balaban J connectivity index is 2.23. The summed E-state index contributed by atoms with van der Waals surface area (Å²) in [6, 6.07) is 5.35. The zero-order valence-corrected chi connectivity index (χ0v) is 8.69. The second-order valence-corrected chi connectivity index (χ2v) is 3.49. The van der Waals surface area contributed by atoms with Gasteiger partial charge in [0.15, 0.2) is 16.5 Å². The van der Waals surface area contributed by atoms with E-state index in [1.807, 2.05) is 0 Å². The molecule has 0 bridgehead atoms. The third-order valence-corrected chi connectivity index (χ3v) is 2.58. The van der Waals surface area contributed by atoms with Crippen molar-refractivity contribution in [2.75, 3.05) is 6.79 Å². The van der Waals surface area contributed by atoms with Crippen molar-refractivity contribution in [3.05, 3.63) is 23.8 Å². The number of hydrogen-bond donors (Lipinski definition) is 0. The highest BCUT2D eigenvalue weighted by molar-refractivity contribution is 9.09. The summed E-state index contributed by atoms with van der Waals surface area (Å²) in [6.07, 6.45) is 0. The Hall–Kier alpha value is -1.23. The van der Waals surface area contributed by atoms with Crippen LogP contribution in [0.15, 0.2) is 18.2 Å². The first kappa shape index (κ1) is 9.33. The highest BCUT2D eigenvalue weighted by Crippen LogP contribution is 2.36. The van der Waals surface area contributed by atoms with E-state index in [0.717, 1.165) is 5.56 Å². The molecule has 5 heteroatoms. The van der Waals surface area contributed by atoms with Crippen molar-refractivity contribution < 1.29 is 19.0 Å². The van der Waals surface area contributed by atoms with Crippen molar-refractivity contribution in [2.24, 2.45) is 0 Å². The minimum Gasteiger partial charge on any atom is -0.454 e. The first-order valence-corrected chi connectivity index (χ1v) is 4.85. The van der Waals surface area contributed by atoms with Crippen molar-refractivity contribution in [2.45, 2.75) is 5.01 Å². The molecule has 74 valence electrons. The number of carbonyl (C=O) groups excluding carboxylic acids is 1. The van der Waals surface area contributed by atoms with Crippen molar-refractivity contribution in [1.82, 2.24) is 0 Å². The molecule has 0 aliphatic carbocycles. The largest absolute Gasteiger partial charge is 0.454 e. The number of benzene rings is 1. The van der Waals surface area contributed by atoms with Gasteiger partial charge in [-0.3, -0.25) is 4.79 Å². The molecule has 1 aromatic rings. The minimum absolute atomic E-state index is 0.236. The number of ether oxygens (including phenoxy) is 3. The van der Waals surface area contributed by atoms with Crippen LogP contribution < -0.4 is 9.47 Å². The number of rotatable bonds is 3. The number of carbonyl (C=O) groups is 1. The zero-order valence-electron chi connectivity index (χ0n) is 7.10. The van der Waals surface area contributed by atoms with Gasteiger partial charge in [-0.05, 0) is 28.1 Å². The predicted octanol–water partition coefficient (Wildman–Crippen LogP) is 1.98. The summed E-state index contributed by atoms with van der Waals surface area (Å²) in [5, 5.41) is -0.450. The van der Waals surface area contributed by atoms with Gasteiger partial charge in [0.1, 0.15) is 0 Å². The maximum Gasteiger partial charge on any atom is 0.294 e. The summed E-state index contributed by atoms with van der Waals surface area (Å²) in [4.78, 5) is 10.1. The Morgan fingerprint density at radius 3 is 3.00 bits per heavy atom. The summed E-state index contributed by atoms with van der Waals surface area (Å²) in [5.41, 5.74) is 0.807. The average molecular weight is 259 g/mol. The molecule has 4 nitrogen and oxygen atoms in total. The summed E-state index contributed by atoms with van der Waals surface area (Å²) in [5.74, 6) is 1.38. The van der Waals surface area contributed by atoms with E-state index in [2.05, 4.69) is 15.9 Å². The molecule has 0 aromatic heterocycles. The fraction of sp³-hybridized carbons (Fsp3) is 0.222. The smallest absolute Gasteiger partial charge is 0.294 e. The van der Waals surface area contributed by atoms with Gasteiger partial charge in [0.05, 0.1) is 0 Å². The van der Waals surface area contributed by atoms with Crippen LogP contribution in [-0.2, 0) is 9.53 Å². The van der Waals surface area contributed by atoms with Crippen LogP contribution in [0.3, 0.4) is 0 Å². The van der Waals surface area contributed by atoms with E-state index in [4.69, 9.17) is 14.2 Å². The Kier molecular flexibility index (Phi) is 2.58. The van der Waals surface area contributed by atoms with Crippen LogP contribution >= 0.6 is 15.9 Å². The fourth-order valence-electron chi connectivity index (χ4n) is 1.18. The monoisotopic (exact) mass is 258 g/mol. The standard InChI is InChI=1S/C9H7BrO4/c10-9(12-4-11)6-1-2-7-8(3-6)14-5-13-7/h1-4,9H,5H2. The molecule has 0 radical (unpaired) electrons. The number of halogens is 1. The van der Waals surface area contributed by atoms with E-state index in [-0.39, 0.29) is 6.79 Å². The van der Waals surface area contributed by atoms with Crippen LogP contribution in [0.25, 0.3) is 0 Å². The van der Waals surface area contributed by atoms with Gasteiger partial charge >= 0.3 is 0 Å². The van der Waals surface area contributed by atoms with Gasteiger partial charge in [-0.1, -0.05) is 6.07 Å². The molecule has 1 aromatic carbocycles. The highest BCUT2D eigenvalue weighted by atomic mass is 79.9. The van der Waals surface area contributed by atoms with Crippen molar-refractivity contribution in [3.8, 4) is 11.5 Å². The van der Waals surface area contributed by atoms with Crippen molar-refractivity contribution in [1.29, 1.82) is 0 Å². The maximum atomic E-state index is 10.1. The first-order chi connectivity index (χ1) is 6.81. The molecular formula is C9H7BrO4. The molecule has 14 heavy (non-hydrogen) atoms. The number of hydrogen-bond acceptors (Lipinski definition) is 4. The van der Waals surface area contributed by atoms with Gasteiger partial charge < -0.3 is 14.2 Å². The summed E-state index contributed by atoms with van der Waals surface area (Å²) in [7, 11) is 0. The van der Waals surface area contributed by atoms with E-state index in [1.165, 1.54) is 0 Å². The van der Waals surface area contributed by atoms with Crippen LogP contribution in [0.2, 0.25) is 0 Å². The Labute approximate surface area is 88.9 Å². The third-order valence-electron chi connectivity index (χ3n) is 1.83. The Morgan fingerprint density at radius 1 is 1.43 bits per heavy atom. The fourth-order valence-corrected chi connectivity index (χ4v) is 1.55. The average Bonchev–Trinajstić information content (AvgIpc) is 2.64. The molecule has 1 heterocycles. The molecule has 0 N–H and O–H groups in total. The van der Waals surface area contributed by atoms with Gasteiger partial charge in [-0.15, -0.1) is 0 Å². The molecule has 0 amide bonds. The van der Waals surface area contributed by atoms with E-state index >= 15 is 0 Å². The minimum atomic E-state index is -0.450. The molecule has 0 saturated heterocycles. The first-order valence-electron chi connectivity index (χ1n) is 3.94. The van der Waals surface area contributed by atoms with E-state index < -0.39 is 5.01 Å². The van der Waals surface area contributed by atoms with Gasteiger partial charge in [-0.2, -0.15) is 0 Å². The van der Waals surface area contributed by atoms with Crippen LogP contribution in [0, 0.1) is 0 Å². The molecule has 0 spiro atoms. The Bertz CT molecular complexity index is 353. The summed E-state index contributed by atoms with van der Waals surface area (Å²) in [6.45, 7) is 0.629. The van der Waals surface area contributed by atoms with Crippen LogP contribution in [0.1, 0.15) is 10.6 Å². The van der Waals surface area contributed by atoms with E-state index in [9.17, 15) is 4.79 Å². The lowest BCUT2D eigenvalue weighted by Crippen LogP contribution is -1.94. The molecule has 1 aliphatic rings. The normalized spacial score (nSPS) is 14.9. The molecule has 1 atom stereocenters. The third kappa shape index (κ3) is 1.68. The van der Waals surface area contributed by atoms with Gasteiger partial charge in [-0.25, -0.2) is 0 Å². The summed E-state index contributed by atoms with van der Waals surface area (Å²) < 4.78 is 15.1. The van der Waals surface area contributed by atoms with Gasteiger partial charge in [0.2, 0.25) is 6.79 Å². The predicted molar refractivity (Wildman–Crippen MR) is 51.4 cm³/mol. The van der Waals surface area contributed by atoms with Crippen molar-refractivity contribution >= 4 is 22.4 Å². The molecule has 2 rings (SSSR count). The van der Waals surface area contributed by atoms with E-state index in [1.54, 1.807) is 18.2 Å². The second kappa shape index (κ2) is 3.88. The van der Waals surface area contributed by atoms with Crippen LogP contribution in [0.5, 0.6) is 11.5 Å². The summed E-state index contributed by atoms with van der Waals surface area (Å²) >= 11 is 3.20. The highest BCUT2D eigenvalue weighted by Gasteiger charge is 2.16. The van der Waals surface area contributed by atoms with Crippen LogP contribution in [0.4, 0.5) is 0 Å². The lowest BCUT2D eigenvalue weighted by atomic mass is 10.2. The molecule has 1 aliphatic heterocycles. The van der Waals surface area contributed by atoms with Gasteiger partial charge in [0, 0.05) is 5.56 Å². The molecular weight excluding hydrogens is 252 g/mol. The maximum absolute atomic E-state index is 10.1. The Morgan fingerprint density at radius 2 is 2.21 bits per heavy atom. The number of alkyl halides is 1. The van der Waals surface area contributed by atoms with Crippen LogP contribution in [-0.4, -0.2) is 13.3 Å². The SMILES string of the molecule is O=COC(Br)c1ccc2c(c1)OCO2. The quantitative estimate of drug-likeness (QED) is 0.615. The molecule has 1 unspecified atom stereocenters. The lowest BCUT2D eigenvalue weighted by molar-refractivity contribution is -0.129. The molecule has 0 fully saturated rings. The van der Waals surface area contributed by atoms with E-state index in [0.29, 0.717) is 18.0 Å². The van der Waals surface area contributed by atoms with Gasteiger partial charge in [0.25, 0.3) is 6.47 Å². The lowest BCUT2D eigenvalue weighted by Gasteiger charge is -2.08. The topological polar surface area (TPSA) is 44.8 Å². The zero-order chi connectivity index (χ0) is 9.97. The molecule has 0 saturated carbocycles.